The highest BCUT2D eigenvalue weighted by Gasteiger charge is 2.11. The van der Waals surface area contributed by atoms with Gasteiger partial charge in [0.25, 0.3) is 0 Å². The molecule has 1 aromatic rings. The van der Waals surface area contributed by atoms with Crippen LogP contribution < -0.4 is 0 Å². The van der Waals surface area contributed by atoms with Gasteiger partial charge in [0.2, 0.25) is 0 Å². The van der Waals surface area contributed by atoms with Crippen LogP contribution in [0.25, 0.3) is 0 Å². The second-order valence-electron chi connectivity index (χ2n) is 4.10. The van der Waals surface area contributed by atoms with E-state index in [9.17, 15) is 9.59 Å². The van der Waals surface area contributed by atoms with Crippen LogP contribution in [-0.2, 0) is 20.9 Å². The summed E-state index contributed by atoms with van der Waals surface area (Å²) >= 11 is 0. The number of carbonyl (C=O) groups excluding carboxylic acids is 2. The lowest BCUT2D eigenvalue weighted by atomic mass is 10.2. The molecule has 0 aliphatic rings. The first-order valence-electron chi connectivity index (χ1n) is 6.00. The summed E-state index contributed by atoms with van der Waals surface area (Å²) in [6.45, 7) is 2.99. The van der Waals surface area contributed by atoms with Crippen LogP contribution >= 0.6 is 0 Å². The van der Waals surface area contributed by atoms with E-state index in [4.69, 9.17) is 9.15 Å². The SMILES string of the molecule is CCOC(=O)CCC(=O)CN(C)Cc1ccco1. The number of nitrogens with zero attached hydrogens (tertiary/aromatic N) is 1. The summed E-state index contributed by atoms with van der Waals surface area (Å²) in [6, 6.07) is 3.67. The summed E-state index contributed by atoms with van der Waals surface area (Å²) in [5.41, 5.74) is 0. The summed E-state index contributed by atoms with van der Waals surface area (Å²) in [5, 5.41) is 0. The predicted octanol–water partition coefficient (Wildman–Crippen LogP) is 1.62. The fraction of sp³-hybridized carbons (Fsp3) is 0.538. The molecule has 0 atom stereocenters. The molecule has 5 nitrogen and oxygen atoms in total. The minimum atomic E-state index is -0.320. The van der Waals surface area contributed by atoms with Crippen LogP contribution in [-0.4, -0.2) is 36.9 Å². The van der Waals surface area contributed by atoms with Crippen molar-refractivity contribution >= 4 is 11.8 Å². The molecule has 0 fully saturated rings. The highest BCUT2D eigenvalue weighted by atomic mass is 16.5. The van der Waals surface area contributed by atoms with Gasteiger partial charge in [0.15, 0.2) is 0 Å². The number of furan rings is 1. The average molecular weight is 253 g/mol. The summed E-state index contributed by atoms with van der Waals surface area (Å²) < 4.78 is 9.95. The Morgan fingerprint density at radius 3 is 2.78 bits per heavy atom. The molecule has 0 bridgehead atoms. The highest BCUT2D eigenvalue weighted by molar-refractivity contribution is 5.84. The van der Waals surface area contributed by atoms with E-state index < -0.39 is 0 Å². The Hall–Kier alpha value is -1.62. The maximum atomic E-state index is 11.6. The van der Waals surface area contributed by atoms with E-state index in [2.05, 4.69) is 0 Å². The van der Waals surface area contributed by atoms with Gasteiger partial charge in [-0.25, -0.2) is 0 Å². The molecule has 18 heavy (non-hydrogen) atoms. The van der Waals surface area contributed by atoms with Crippen molar-refractivity contribution in [1.29, 1.82) is 0 Å². The van der Waals surface area contributed by atoms with Crippen LogP contribution in [0.3, 0.4) is 0 Å². The molecule has 0 aromatic carbocycles. The summed E-state index contributed by atoms with van der Waals surface area (Å²) in [4.78, 5) is 24.6. The molecule has 0 saturated carbocycles. The Morgan fingerprint density at radius 2 is 2.17 bits per heavy atom. The van der Waals surface area contributed by atoms with Gasteiger partial charge >= 0.3 is 5.97 Å². The van der Waals surface area contributed by atoms with E-state index in [1.54, 1.807) is 13.2 Å². The van der Waals surface area contributed by atoms with Crippen LogP contribution in [0.5, 0.6) is 0 Å². The molecule has 0 spiro atoms. The summed E-state index contributed by atoms with van der Waals surface area (Å²) in [6.07, 6.45) is 1.98. The first-order chi connectivity index (χ1) is 8.61. The van der Waals surface area contributed by atoms with Crippen molar-refractivity contribution in [3.8, 4) is 0 Å². The lowest BCUT2D eigenvalue weighted by molar-refractivity contribution is -0.144. The maximum Gasteiger partial charge on any atom is 0.306 e. The molecule has 100 valence electrons. The van der Waals surface area contributed by atoms with Crippen molar-refractivity contribution in [2.75, 3.05) is 20.2 Å². The minimum absolute atomic E-state index is 0.0251. The van der Waals surface area contributed by atoms with Gasteiger partial charge in [0.05, 0.1) is 32.4 Å². The number of ether oxygens (including phenoxy) is 1. The molecule has 5 heteroatoms. The molecule has 0 aliphatic carbocycles. The molecule has 0 aliphatic heterocycles. The van der Waals surface area contributed by atoms with Crippen molar-refractivity contribution in [3.05, 3.63) is 24.2 Å². The zero-order valence-electron chi connectivity index (χ0n) is 10.8. The third kappa shape index (κ3) is 5.63. The van der Waals surface area contributed by atoms with Gasteiger partial charge in [-0.2, -0.15) is 0 Å². The van der Waals surface area contributed by atoms with Gasteiger partial charge in [0.1, 0.15) is 11.5 Å². The Morgan fingerprint density at radius 1 is 1.39 bits per heavy atom. The molecule has 0 N–H and O–H groups in total. The second kappa shape index (κ2) is 7.66. The first kappa shape index (κ1) is 14.4. The normalized spacial score (nSPS) is 10.6. The van der Waals surface area contributed by atoms with E-state index in [1.807, 2.05) is 24.1 Å². The van der Waals surface area contributed by atoms with Crippen LogP contribution in [0.4, 0.5) is 0 Å². The van der Waals surface area contributed by atoms with Crippen molar-refractivity contribution in [2.24, 2.45) is 0 Å². The number of rotatable bonds is 8. The Bertz CT molecular complexity index is 372. The van der Waals surface area contributed by atoms with Gasteiger partial charge in [0, 0.05) is 6.42 Å². The second-order valence-corrected chi connectivity index (χ2v) is 4.10. The Kier molecular flexibility index (Phi) is 6.14. The van der Waals surface area contributed by atoms with E-state index in [1.165, 1.54) is 0 Å². The average Bonchev–Trinajstić information content (AvgIpc) is 2.79. The van der Waals surface area contributed by atoms with Crippen molar-refractivity contribution < 1.29 is 18.7 Å². The number of hydrogen-bond donors (Lipinski definition) is 0. The summed E-state index contributed by atoms with van der Waals surface area (Å²) in [5.74, 6) is 0.521. The predicted molar refractivity (Wildman–Crippen MR) is 65.9 cm³/mol. The third-order valence-corrected chi connectivity index (χ3v) is 2.37. The monoisotopic (exact) mass is 253 g/mol. The van der Waals surface area contributed by atoms with E-state index >= 15 is 0 Å². The smallest absolute Gasteiger partial charge is 0.306 e. The van der Waals surface area contributed by atoms with Gasteiger partial charge in [-0.3, -0.25) is 14.5 Å². The van der Waals surface area contributed by atoms with Crippen molar-refractivity contribution in [1.82, 2.24) is 4.90 Å². The van der Waals surface area contributed by atoms with Gasteiger partial charge in [-0.1, -0.05) is 0 Å². The van der Waals surface area contributed by atoms with Crippen molar-refractivity contribution in [3.63, 3.8) is 0 Å². The molecule has 1 rings (SSSR count). The Labute approximate surface area is 107 Å². The zero-order valence-corrected chi connectivity index (χ0v) is 10.8. The standard InChI is InChI=1S/C13H19NO4/c1-3-17-13(16)7-6-11(15)9-14(2)10-12-5-4-8-18-12/h4-5,8H,3,6-7,9-10H2,1-2H3. The quantitative estimate of drug-likeness (QED) is 0.659. The molecular weight excluding hydrogens is 234 g/mol. The number of esters is 1. The molecule has 0 saturated heterocycles. The number of Topliss-reactive ketones (excluding diaryl/α,β-unsaturated/α-hetero) is 1. The zero-order chi connectivity index (χ0) is 13.4. The molecular formula is C13H19NO4. The van der Waals surface area contributed by atoms with Crippen LogP contribution in [0.1, 0.15) is 25.5 Å². The van der Waals surface area contributed by atoms with E-state index in [-0.39, 0.29) is 24.6 Å². The van der Waals surface area contributed by atoms with E-state index in [0.717, 1.165) is 5.76 Å². The summed E-state index contributed by atoms with van der Waals surface area (Å²) in [7, 11) is 1.84. The lowest BCUT2D eigenvalue weighted by Gasteiger charge is -2.13. The number of ketones is 1. The highest BCUT2D eigenvalue weighted by Crippen LogP contribution is 2.04. The molecule has 1 heterocycles. The number of hydrogen-bond acceptors (Lipinski definition) is 5. The van der Waals surface area contributed by atoms with Gasteiger partial charge < -0.3 is 9.15 Å². The maximum absolute atomic E-state index is 11.6. The van der Waals surface area contributed by atoms with E-state index in [0.29, 0.717) is 19.7 Å². The topological polar surface area (TPSA) is 59.8 Å². The van der Waals surface area contributed by atoms with Crippen LogP contribution in [0, 0.1) is 0 Å². The van der Waals surface area contributed by atoms with Gasteiger partial charge in [-0.05, 0) is 26.1 Å². The third-order valence-electron chi connectivity index (χ3n) is 2.37. The molecule has 0 unspecified atom stereocenters. The number of likely N-dealkylation sites (N-methyl/N-ethyl adjacent to an activating group) is 1. The fourth-order valence-corrected chi connectivity index (χ4v) is 1.58. The molecule has 0 radical (unpaired) electrons. The Balaban J connectivity index is 2.21. The minimum Gasteiger partial charge on any atom is -0.468 e. The van der Waals surface area contributed by atoms with Gasteiger partial charge in [-0.15, -0.1) is 0 Å². The van der Waals surface area contributed by atoms with Crippen molar-refractivity contribution in [2.45, 2.75) is 26.3 Å². The first-order valence-corrected chi connectivity index (χ1v) is 6.00. The lowest BCUT2D eigenvalue weighted by Crippen LogP contribution is -2.25. The molecule has 1 aromatic heterocycles. The number of carbonyl (C=O) groups is 2. The van der Waals surface area contributed by atoms with Crippen LogP contribution in [0.15, 0.2) is 22.8 Å². The largest absolute Gasteiger partial charge is 0.468 e. The van der Waals surface area contributed by atoms with Crippen LogP contribution in [0.2, 0.25) is 0 Å². The fourth-order valence-electron chi connectivity index (χ4n) is 1.58. The molecule has 0 amide bonds.